The second-order valence-electron chi connectivity index (χ2n) is 2.98. The van der Waals surface area contributed by atoms with Crippen LogP contribution in [-0.2, 0) is 4.74 Å². The number of carbonyl (C=O) groups is 1. The number of hydrogen-bond donors (Lipinski definition) is 0. The molecule has 0 aliphatic rings. The van der Waals surface area contributed by atoms with Gasteiger partial charge in [-0.3, -0.25) is 4.79 Å². The standard InChI is InChI=1S/C11H13BrO2/c1-2-7-14-8-11(13)9-3-5-10(12)6-4-9/h3-6H,2,7-8H2,1H3. The van der Waals surface area contributed by atoms with Crippen LogP contribution >= 0.6 is 15.9 Å². The van der Waals surface area contributed by atoms with Crippen molar-refractivity contribution >= 4 is 21.7 Å². The van der Waals surface area contributed by atoms with Gasteiger partial charge in [-0.2, -0.15) is 0 Å². The van der Waals surface area contributed by atoms with Crippen LogP contribution in [0.1, 0.15) is 23.7 Å². The van der Waals surface area contributed by atoms with Crippen LogP contribution in [-0.4, -0.2) is 19.0 Å². The summed E-state index contributed by atoms with van der Waals surface area (Å²) in [5.41, 5.74) is 0.698. The summed E-state index contributed by atoms with van der Waals surface area (Å²) in [4.78, 5) is 11.5. The number of Topliss-reactive ketones (excluding diaryl/α,β-unsaturated/α-hetero) is 1. The van der Waals surface area contributed by atoms with Crippen LogP contribution < -0.4 is 0 Å². The van der Waals surface area contributed by atoms with E-state index in [0.717, 1.165) is 10.9 Å². The first kappa shape index (κ1) is 11.4. The zero-order valence-corrected chi connectivity index (χ0v) is 9.71. The number of ether oxygens (including phenoxy) is 1. The highest BCUT2D eigenvalue weighted by molar-refractivity contribution is 9.10. The molecular formula is C11H13BrO2. The van der Waals surface area contributed by atoms with Crippen molar-refractivity contribution in [3.63, 3.8) is 0 Å². The van der Waals surface area contributed by atoms with Crippen LogP contribution in [0.15, 0.2) is 28.7 Å². The van der Waals surface area contributed by atoms with Crippen molar-refractivity contribution in [2.45, 2.75) is 13.3 Å². The van der Waals surface area contributed by atoms with Crippen LogP contribution in [0.25, 0.3) is 0 Å². The molecule has 1 aromatic carbocycles. The van der Waals surface area contributed by atoms with Crippen LogP contribution in [0.3, 0.4) is 0 Å². The SMILES string of the molecule is CCCOCC(=O)c1ccc(Br)cc1. The monoisotopic (exact) mass is 256 g/mol. The van der Waals surface area contributed by atoms with Crippen molar-refractivity contribution in [2.24, 2.45) is 0 Å². The number of benzene rings is 1. The highest BCUT2D eigenvalue weighted by Gasteiger charge is 2.04. The predicted octanol–water partition coefficient (Wildman–Crippen LogP) is 3.06. The topological polar surface area (TPSA) is 26.3 Å². The van der Waals surface area contributed by atoms with Crippen molar-refractivity contribution in [2.75, 3.05) is 13.2 Å². The zero-order chi connectivity index (χ0) is 10.4. The Morgan fingerprint density at radius 2 is 2.00 bits per heavy atom. The summed E-state index contributed by atoms with van der Waals surface area (Å²) in [6.07, 6.45) is 0.938. The predicted molar refractivity (Wildman–Crippen MR) is 59.6 cm³/mol. The molecule has 0 spiro atoms. The molecule has 14 heavy (non-hydrogen) atoms. The molecule has 0 bridgehead atoms. The minimum Gasteiger partial charge on any atom is -0.373 e. The van der Waals surface area contributed by atoms with E-state index in [1.165, 1.54) is 0 Å². The highest BCUT2D eigenvalue weighted by atomic mass is 79.9. The lowest BCUT2D eigenvalue weighted by Crippen LogP contribution is -2.09. The van der Waals surface area contributed by atoms with Crippen molar-refractivity contribution in [1.82, 2.24) is 0 Å². The third-order valence-corrected chi connectivity index (χ3v) is 2.28. The van der Waals surface area contributed by atoms with E-state index in [-0.39, 0.29) is 12.4 Å². The smallest absolute Gasteiger partial charge is 0.188 e. The first-order valence-corrected chi connectivity index (χ1v) is 5.40. The summed E-state index contributed by atoms with van der Waals surface area (Å²) in [5, 5.41) is 0. The average molecular weight is 257 g/mol. The van der Waals surface area contributed by atoms with Gasteiger partial charge in [0.05, 0.1) is 0 Å². The first-order chi connectivity index (χ1) is 6.74. The summed E-state index contributed by atoms with van der Waals surface area (Å²) in [7, 11) is 0. The van der Waals surface area contributed by atoms with Crippen LogP contribution in [0.2, 0.25) is 0 Å². The van der Waals surface area contributed by atoms with Gasteiger partial charge in [-0.1, -0.05) is 35.0 Å². The Balaban J connectivity index is 2.48. The maximum atomic E-state index is 11.5. The molecule has 0 unspecified atom stereocenters. The molecule has 0 aliphatic heterocycles. The van der Waals surface area contributed by atoms with Gasteiger partial charge in [0.2, 0.25) is 0 Å². The molecule has 76 valence electrons. The number of carbonyl (C=O) groups excluding carboxylic acids is 1. The summed E-state index contributed by atoms with van der Waals surface area (Å²) >= 11 is 3.32. The number of hydrogen-bond acceptors (Lipinski definition) is 2. The molecule has 1 rings (SSSR count). The van der Waals surface area contributed by atoms with Crippen molar-refractivity contribution < 1.29 is 9.53 Å². The zero-order valence-electron chi connectivity index (χ0n) is 8.13. The molecule has 0 saturated carbocycles. The molecule has 0 N–H and O–H groups in total. The highest BCUT2D eigenvalue weighted by Crippen LogP contribution is 2.10. The van der Waals surface area contributed by atoms with Gasteiger partial charge in [0.1, 0.15) is 6.61 Å². The quantitative estimate of drug-likeness (QED) is 0.598. The molecule has 0 heterocycles. The largest absolute Gasteiger partial charge is 0.373 e. The third kappa shape index (κ3) is 3.60. The molecule has 0 amide bonds. The maximum Gasteiger partial charge on any atom is 0.188 e. The summed E-state index contributed by atoms with van der Waals surface area (Å²) < 4.78 is 6.14. The van der Waals surface area contributed by atoms with E-state index in [0.29, 0.717) is 12.2 Å². The van der Waals surface area contributed by atoms with Gasteiger partial charge < -0.3 is 4.74 Å². The normalized spacial score (nSPS) is 10.1. The molecule has 0 radical (unpaired) electrons. The molecule has 0 atom stereocenters. The number of rotatable bonds is 5. The van der Waals surface area contributed by atoms with Gasteiger partial charge in [-0.15, -0.1) is 0 Å². The van der Waals surface area contributed by atoms with Crippen molar-refractivity contribution in [3.05, 3.63) is 34.3 Å². The Hall–Kier alpha value is -0.670. The van der Waals surface area contributed by atoms with E-state index < -0.39 is 0 Å². The lowest BCUT2D eigenvalue weighted by Gasteiger charge is -2.01. The van der Waals surface area contributed by atoms with Crippen molar-refractivity contribution in [3.8, 4) is 0 Å². The second-order valence-corrected chi connectivity index (χ2v) is 3.90. The summed E-state index contributed by atoms with van der Waals surface area (Å²) in [6, 6.07) is 7.30. The average Bonchev–Trinajstić information content (AvgIpc) is 2.19. The third-order valence-electron chi connectivity index (χ3n) is 1.75. The minimum atomic E-state index is 0.0333. The Morgan fingerprint density at radius 1 is 1.36 bits per heavy atom. The summed E-state index contributed by atoms with van der Waals surface area (Å²) in [6.45, 7) is 2.84. The van der Waals surface area contributed by atoms with Gasteiger partial charge in [0.25, 0.3) is 0 Å². The minimum absolute atomic E-state index is 0.0333. The molecule has 0 fully saturated rings. The van der Waals surface area contributed by atoms with Gasteiger partial charge in [-0.05, 0) is 18.6 Å². The van der Waals surface area contributed by atoms with Gasteiger partial charge in [-0.25, -0.2) is 0 Å². The van der Waals surface area contributed by atoms with Gasteiger partial charge in [0.15, 0.2) is 5.78 Å². The van der Waals surface area contributed by atoms with Crippen LogP contribution in [0.5, 0.6) is 0 Å². The fourth-order valence-electron chi connectivity index (χ4n) is 1.03. The van der Waals surface area contributed by atoms with E-state index in [1.807, 2.05) is 19.1 Å². The van der Waals surface area contributed by atoms with Crippen LogP contribution in [0.4, 0.5) is 0 Å². The molecule has 2 nitrogen and oxygen atoms in total. The van der Waals surface area contributed by atoms with Crippen LogP contribution in [0, 0.1) is 0 Å². The van der Waals surface area contributed by atoms with E-state index in [4.69, 9.17) is 4.74 Å². The molecular weight excluding hydrogens is 244 g/mol. The molecule has 0 aliphatic carbocycles. The molecule has 0 saturated heterocycles. The van der Waals surface area contributed by atoms with Gasteiger partial charge >= 0.3 is 0 Å². The van der Waals surface area contributed by atoms with E-state index in [1.54, 1.807) is 12.1 Å². The molecule has 1 aromatic rings. The number of ketones is 1. The van der Waals surface area contributed by atoms with E-state index in [2.05, 4.69) is 15.9 Å². The Kier molecular flexibility index (Phi) is 4.84. The number of halogens is 1. The lowest BCUT2D eigenvalue weighted by molar-refractivity contribution is 0.0761. The van der Waals surface area contributed by atoms with E-state index in [9.17, 15) is 4.79 Å². The second kappa shape index (κ2) is 5.94. The Bertz CT molecular complexity index is 293. The first-order valence-electron chi connectivity index (χ1n) is 4.60. The Morgan fingerprint density at radius 3 is 2.57 bits per heavy atom. The van der Waals surface area contributed by atoms with E-state index >= 15 is 0 Å². The Labute approximate surface area is 92.4 Å². The maximum absolute atomic E-state index is 11.5. The summed E-state index contributed by atoms with van der Waals surface area (Å²) in [5.74, 6) is 0.0333. The fraction of sp³-hybridized carbons (Fsp3) is 0.364. The molecule has 0 aromatic heterocycles. The van der Waals surface area contributed by atoms with Crippen molar-refractivity contribution in [1.29, 1.82) is 0 Å². The fourth-order valence-corrected chi connectivity index (χ4v) is 1.29. The lowest BCUT2D eigenvalue weighted by atomic mass is 10.1. The molecule has 3 heteroatoms. The van der Waals surface area contributed by atoms with Gasteiger partial charge in [0, 0.05) is 16.6 Å².